The normalized spacial score (nSPS) is 17.6. The molecule has 1 aliphatic rings. The van der Waals surface area contributed by atoms with Gasteiger partial charge in [0, 0.05) is 0 Å². The van der Waals surface area contributed by atoms with E-state index in [2.05, 4.69) is 15.1 Å². The molecule has 2 N–H and O–H groups in total. The van der Waals surface area contributed by atoms with Crippen LogP contribution in [0.1, 0.15) is 0 Å². The lowest BCUT2D eigenvalue weighted by Crippen LogP contribution is -2.24. The van der Waals surface area contributed by atoms with Crippen LogP contribution in [0.15, 0.2) is 10.3 Å². The van der Waals surface area contributed by atoms with E-state index in [9.17, 15) is 4.79 Å². The second-order valence-electron chi connectivity index (χ2n) is 1.86. The molecule has 12 heavy (non-hydrogen) atoms. The molecule has 1 heterocycles. The summed E-state index contributed by atoms with van der Waals surface area (Å²) in [5, 5.41) is 9.07. The zero-order chi connectivity index (χ0) is 8.97. The van der Waals surface area contributed by atoms with Gasteiger partial charge in [0.15, 0.2) is 11.5 Å². The first kappa shape index (κ1) is 8.85. The molecule has 0 saturated carbocycles. The van der Waals surface area contributed by atoms with Crippen LogP contribution in [0.3, 0.4) is 0 Å². The van der Waals surface area contributed by atoms with Crippen molar-refractivity contribution in [3.63, 3.8) is 0 Å². The van der Waals surface area contributed by atoms with E-state index < -0.39 is 0 Å². The van der Waals surface area contributed by atoms with Gasteiger partial charge in [-0.2, -0.15) is 0 Å². The Morgan fingerprint density at radius 2 is 2.75 bits per heavy atom. The van der Waals surface area contributed by atoms with Crippen molar-refractivity contribution in [3.8, 4) is 0 Å². The largest absolute Gasteiger partial charge is 0.397 e. The number of oxime groups is 1. The number of carbonyl (C=O) groups excluding carboxylic acids is 1. The number of amidine groups is 2. The quantitative estimate of drug-likeness (QED) is 0.270. The van der Waals surface area contributed by atoms with E-state index >= 15 is 0 Å². The molecule has 0 radical (unpaired) electrons. The molecule has 1 rings (SSSR count). The van der Waals surface area contributed by atoms with E-state index in [1.165, 1.54) is 23.9 Å². The topological polar surface area (TPSA) is 80.3 Å². The Kier molecular flexibility index (Phi) is 2.92. The summed E-state index contributed by atoms with van der Waals surface area (Å²) in [5.41, 5.74) is 5.37. The second kappa shape index (κ2) is 3.96. The number of carbonyl (C=O) groups is 1. The van der Waals surface area contributed by atoms with Crippen LogP contribution in [0.5, 0.6) is 0 Å². The molecule has 0 fully saturated rings. The van der Waals surface area contributed by atoms with Crippen LogP contribution in [-0.4, -0.2) is 35.3 Å². The van der Waals surface area contributed by atoms with Gasteiger partial charge in [-0.3, -0.25) is 4.79 Å². The summed E-state index contributed by atoms with van der Waals surface area (Å²) in [6, 6.07) is 0. The molecule has 0 spiro atoms. The highest BCUT2D eigenvalue weighted by molar-refractivity contribution is 8.14. The lowest BCUT2D eigenvalue weighted by molar-refractivity contribution is -0.103. The molecule has 0 atom stereocenters. The van der Waals surface area contributed by atoms with Gasteiger partial charge in [0.2, 0.25) is 5.84 Å². The molecule has 0 aliphatic carbocycles. The minimum atomic E-state index is 0.116. The van der Waals surface area contributed by atoms with E-state index in [1.807, 2.05) is 0 Å². The molecule has 66 valence electrons. The highest BCUT2D eigenvalue weighted by atomic mass is 32.2. The summed E-state index contributed by atoms with van der Waals surface area (Å²) in [6.45, 7) is 0. The van der Waals surface area contributed by atoms with E-state index in [0.717, 1.165) is 0 Å². The van der Waals surface area contributed by atoms with E-state index in [4.69, 9.17) is 5.73 Å². The zero-order valence-electron chi connectivity index (χ0n) is 6.43. The van der Waals surface area contributed by atoms with Crippen molar-refractivity contribution in [1.82, 2.24) is 5.01 Å². The molecule has 0 amide bonds. The van der Waals surface area contributed by atoms with E-state index in [0.29, 0.717) is 17.3 Å². The molecule has 6 nitrogen and oxygen atoms in total. The molecular formula is C5H8N4O2S. The molecule has 0 bridgehead atoms. The first-order valence-electron chi connectivity index (χ1n) is 3.08. The fourth-order valence-electron chi connectivity index (χ4n) is 0.644. The number of nitrogens with two attached hydrogens (primary N) is 1. The summed E-state index contributed by atoms with van der Waals surface area (Å²) >= 11 is 1.33. The van der Waals surface area contributed by atoms with Gasteiger partial charge in [0.25, 0.3) is 0 Å². The van der Waals surface area contributed by atoms with Crippen LogP contribution >= 0.6 is 11.8 Å². The van der Waals surface area contributed by atoms with Crippen molar-refractivity contribution < 1.29 is 9.63 Å². The van der Waals surface area contributed by atoms with Crippen molar-refractivity contribution in [2.45, 2.75) is 0 Å². The Bertz CT molecular complexity index is 240. The Morgan fingerprint density at radius 3 is 3.17 bits per heavy atom. The maximum Gasteiger partial charge on any atom is 0.229 e. The first-order valence-corrected chi connectivity index (χ1v) is 4.07. The van der Waals surface area contributed by atoms with E-state index in [1.54, 1.807) is 0 Å². The van der Waals surface area contributed by atoms with Gasteiger partial charge in [-0.1, -0.05) is 16.9 Å². The third-order valence-corrected chi connectivity index (χ3v) is 1.86. The number of aldehydes is 1. The number of rotatable bonds is 2. The summed E-state index contributed by atoms with van der Waals surface area (Å²) in [4.78, 5) is 14.9. The van der Waals surface area contributed by atoms with Crippen LogP contribution in [0.2, 0.25) is 0 Å². The molecular weight excluding hydrogens is 180 g/mol. The Labute approximate surface area is 73.4 Å². The minimum Gasteiger partial charge on any atom is -0.397 e. The van der Waals surface area contributed by atoms with Gasteiger partial charge in [0.05, 0.1) is 5.88 Å². The number of nitrogens with zero attached hydrogens (tertiary/aromatic N) is 3. The molecule has 0 unspecified atom stereocenters. The lowest BCUT2D eigenvalue weighted by Gasteiger charge is -2.07. The zero-order valence-corrected chi connectivity index (χ0v) is 7.24. The summed E-state index contributed by atoms with van der Waals surface area (Å²) < 4.78 is 0. The highest BCUT2D eigenvalue weighted by Gasteiger charge is 2.17. The van der Waals surface area contributed by atoms with Crippen LogP contribution in [0.25, 0.3) is 0 Å². The third-order valence-electron chi connectivity index (χ3n) is 1.11. The number of thioether (sulfide) groups is 1. The average molecular weight is 188 g/mol. The van der Waals surface area contributed by atoms with Gasteiger partial charge in [-0.15, -0.1) is 5.10 Å². The van der Waals surface area contributed by atoms with Crippen molar-refractivity contribution in [2.24, 2.45) is 16.0 Å². The lowest BCUT2D eigenvalue weighted by atomic mass is 10.6. The van der Waals surface area contributed by atoms with Crippen molar-refractivity contribution in [1.29, 1.82) is 0 Å². The summed E-state index contributed by atoms with van der Waals surface area (Å²) in [6.07, 6.45) is 0.562. The SMILES string of the molecule is CON=C(C=O)N1CSC(N)=N1. The van der Waals surface area contributed by atoms with Crippen LogP contribution < -0.4 is 5.73 Å². The maximum atomic E-state index is 10.4. The molecule has 0 aromatic carbocycles. The third kappa shape index (κ3) is 1.88. The van der Waals surface area contributed by atoms with Crippen LogP contribution in [0, 0.1) is 0 Å². The van der Waals surface area contributed by atoms with Crippen LogP contribution in [-0.2, 0) is 9.63 Å². The van der Waals surface area contributed by atoms with Gasteiger partial charge >= 0.3 is 0 Å². The Morgan fingerprint density at radius 1 is 2.00 bits per heavy atom. The molecule has 0 saturated heterocycles. The van der Waals surface area contributed by atoms with Crippen LogP contribution in [0.4, 0.5) is 0 Å². The van der Waals surface area contributed by atoms with Crippen molar-refractivity contribution in [3.05, 3.63) is 0 Å². The molecule has 1 aliphatic heterocycles. The second-order valence-corrected chi connectivity index (χ2v) is 2.83. The Balaban J connectivity index is 2.68. The monoisotopic (exact) mass is 188 g/mol. The molecule has 0 aromatic rings. The fraction of sp³-hybridized carbons (Fsp3) is 0.400. The van der Waals surface area contributed by atoms with E-state index in [-0.39, 0.29) is 5.84 Å². The maximum absolute atomic E-state index is 10.4. The smallest absolute Gasteiger partial charge is 0.229 e. The van der Waals surface area contributed by atoms with Gasteiger partial charge < -0.3 is 10.6 Å². The predicted octanol–water partition coefficient (Wildman–Crippen LogP) is -0.619. The highest BCUT2D eigenvalue weighted by Crippen LogP contribution is 2.13. The van der Waals surface area contributed by atoms with Crippen molar-refractivity contribution in [2.75, 3.05) is 13.0 Å². The number of hydrogen-bond donors (Lipinski definition) is 1. The minimum absolute atomic E-state index is 0.116. The van der Waals surface area contributed by atoms with Gasteiger partial charge in [-0.25, -0.2) is 5.01 Å². The molecule has 7 heteroatoms. The van der Waals surface area contributed by atoms with Gasteiger partial charge in [0.1, 0.15) is 7.11 Å². The molecule has 0 aromatic heterocycles. The number of hydrazone groups is 1. The van der Waals surface area contributed by atoms with Crippen molar-refractivity contribution >= 4 is 29.1 Å². The predicted molar refractivity (Wildman–Crippen MR) is 46.4 cm³/mol. The Hall–Kier alpha value is -1.24. The number of hydrogen-bond acceptors (Lipinski definition) is 6. The standard InChI is InChI=1S/C5H8N4O2S/c1-11-8-4(2-10)9-3-12-5(6)7-9/h2H,3H2,1H3,(H2,6,7). The summed E-state index contributed by atoms with van der Waals surface area (Å²) in [7, 11) is 1.36. The fourth-order valence-corrected chi connectivity index (χ4v) is 1.25. The van der Waals surface area contributed by atoms with Gasteiger partial charge in [-0.05, 0) is 0 Å². The average Bonchev–Trinajstić information content (AvgIpc) is 2.47. The first-order chi connectivity index (χ1) is 5.77. The summed E-state index contributed by atoms with van der Waals surface area (Å²) in [5.74, 6) is 0.609.